The number of nitrogens with zero attached hydrogens (tertiary/aromatic N) is 5. The van der Waals surface area contributed by atoms with Gasteiger partial charge in [0.2, 0.25) is 5.82 Å². The van der Waals surface area contributed by atoms with Crippen molar-refractivity contribution < 1.29 is 9.59 Å². The maximum Gasteiger partial charge on any atom is 0.294 e. The van der Waals surface area contributed by atoms with Gasteiger partial charge in [0.15, 0.2) is 5.78 Å². The summed E-state index contributed by atoms with van der Waals surface area (Å²) in [6, 6.07) is 9.00. The Morgan fingerprint density at radius 2 is 2.04 bits per heavy atom. The lowest BCUT2D eigenvalue weighted by molar-refractivity contribution is -0.132. The van der Waals surface area contributed by atoms with Crippen LogP contribution in [-0.4, -0.2) is 43.2 Å². The fourth-order valence-corrected chi connectivity index (χ4v) is 4.24. The Kier molecular flexibility index (Phi) is 4.63. The minimum Gasteiger partial charge on any atom is -0.322 e. The average molecular weight is 398 g/mol. The number of ketones is 1. The Bertz CT molecular complexity index is 1080. The van der Waals surface area contributed by atoms with Crippen molar-refractivity contribution in [3.05, 3.63) is 58.6 Å². The van der Waals surface area contributed by atoms with Crippen molar-refractivity contribution in [1.82, 2.24) is 24.5 Å². The number of hydrogen-bond acceptors (Lipinski definition) is 5. The van der Waals surface area contributed by atoms with Crippen molar-refractivity contribution in [2.45, 2.75) is 38.1 Å². The van der Waals surface area contributed by atoms with E-state index in [4.69, 9.17) is 11.6 Å². The molecule has 0 N–H and O–H groups in total. The van der Waals surface area contributed by atoms with Crippen LogP contribution in [0.15, 0.2) is 36.5 Å². The van der Waals surface area contributed by atoms with Gasteiger partial charge in [-0.3, -0.25) is 9.59 Å². The zero-order valence-electron chi connectivity index (χ0n) is 15.7. The van der Waals surface area contributed by atoms with Crippen LogP contribution in [0, 0.1) is 6.92 Å². The molecular weight excluding hydrogens is 378 g/mol. The molecule has 0 radical (unpaired) electrons. The quantitative estimate of drug-likeness (QED) is 0.678. The maximum absolute atomic E-state index is 13.3. The van der Waals surface area contributed by atoms with E-state index in [0.717, 1.165) is 18.5 Å². The predicted molar refractivity (Wildman–Crippen MR) is 104 cm³/mol. The fraction of sp³-hybridized carbons (Fsp3) is 0.350. The van der Waals surface area contributed by atoms with Crippen molar-refractivity contribution in [3.8, 4) is 0 Å². The van der Waals surface area contributed by atoms with E-state index in [1.165, 1.54) is 9.42 Å². The molecule has 1 amide bonds. The third-order valence-corrected chi connectivity index (χ3v) is 5.80. The Hall–Kier alpha value is -2.80. The lowest BCUT2D eigenvalue weighted by atomic mass is 9.74. The third kappa shape index (κ3) is 2.77. The van der Waals surface area contributed by atoms with Gasteiger partial charge in [0, 0.05) is 35.9 Å². The van der Waals surface area contributed by atoms with Crippen LogP contribution in [-0.2, 0) is 10.3 Å². The maximum atomic E-state index is 13.3. The number of aromatic nitrogens is 4. The molecule has 28 heavy (non-hydrogen) atoms. The number of hydrogen-bond donors (Lipinski definition) is 0. The van der Waals surface area contributed by atoms with Crippen LogP contribution in [0.5, 0.6) is 0 Å². The van der Waals surface area contributed by atoms with Crippen LogP contribution in [0.2, 0.25) is 5.02 Å². The molecular formula is C20H20ClN5O2. The highest BCUT2D eigenvalue weighted by molar-refractivity contribution is 6.31. The lowest BCUT2D eigenvalue weighted by Crippen LogP contribution is -2.54. The predicted octanol–water partition coefficient (Wildman–Crippen LogP) is 3.20. The molecule has 1 saturated carbocycles. The molecule has 1 aliphatic rings. The fourth-order valence-electron chi connectivity index (χ4n) is 3.95. The van der Waals surface area contributed by atoms with Gasteiger partial charge in [-0.2, -0.15) is 4.98 Å². The minimum absolute atomic E-state index is 0.00843. The highest BCUT2D eigenvalue weighted by Gasteiger charge is 2.48. The second-order valence-corrected chi connectivity index (χ2v) is 7.48. The molecule has 1 fully saturated rings. The largest absolute Gasteiger partial charge is 0.322 e. The number of fused-ring (bicyclic) bond motifs is 1. The van der Waals surface area contributed by atoms with Gasteiger partial charge in [-0.1, -0.05) is 29.8 Å². The van der Waals surface area contributed by atoms with Gasteiger partial charge in [0.1, 0.15) is 5.54 Å². The van der Waals surface area contributed by atoms with Gasteiger partial charge in [0.05, 0.1) is 0 Å². The van der Waals surface area contributed by atoms with Gasteiger partial charge in [-0.05, 0) is 38.3 Å². The summed E-state index contributed by atoms with van der Waals surface area (Å²) in [6.45, 7) is 1.86. The molecule has 2 heterocycles. The normalized spacial score (nSPS) is 19.8. The summed E-state index contributed by atoms with van der Waals surface area (Å²) in [4.78, 5) is 36.4. The topological polar surface area (TPSA) is 80.5 Å². The van der Waals surface area contributed by atoms with Crippen molar-refractivity contribution >= 4 is 29.1 Å². The first-order valence-corrected chi connectivity index (χ1v) is 9.58. The van der Waals surface area contributed by atoms with E-state index >= 15 is 0 Å². The van der Waals surface area contributed by atoms with Gasteiger partial charge >= 0.3 is 0 Å². The molecule has 144 valence electrons. The SMILES string of the molecule is Cc1ccnc2nc(C(=O)N(C)C3(c4ccccc4Cl)CCCCC3=O)nn12. The summed E-state index contributed by atoms with van der Waals surface area (Å²) >= 11 is 6.46. The summed E-state index contributed by atoms with van der Waals surface area (Å²) in [5, 5.41) is 4.78. The molecule has 0 spiro atoms. The van der Waals surface area contributed by atoms with E-state index in [-0.39, 0.29) is 11.6 Å². The second kappa shape index (κ2) is 6.98. The van der Waals surface area contributed by atoms with Crippen LogP contribution in [0.3, 0.4) is 0 Å². The number of carbonyl (C=O) groups excluding carboxylic acids is 2. The lowest BCUT2D eigenvalue weighted by Gasteiger charge is -2.43. The Labute approximate surface area is 167 Å². The first-order chi connectivity index (χ1) is 13.4. The van der Waals surface area contributed by atoms with Crippen LogP contribution in [0.25, 0.3) is 5.78 Å². The number of carbonyl (C=O) groups is 2. The van der Waals surface area contributed by atoms with Crippen LogP contribution < -0.4 is 0 Å². The number of benzene rings is 1. The minimum atomic E-state index is -1.12. The zero-order chi connectivity index (χ0) is 19.9. The Morgan fingerprint density at radius 1 is 1.25 bits per heavy atom. The standard InChI is InChI=1S/C20H20ClN5O2/c1-13-10-12-22-19-23-17(24-26(13)19)18(28)25(2)20(11-6-5-9-16(20)27)14-7-3-4-8-15(14)21/h3-4,7-8,10,12H,5-6,9,11H2,1-2H3. The molecule has 7 nitrogen and oxygen atoms in total. The molecule has 0 aliphatic heterocycles. The van der Waals surface area contributed by atoms with E-state index in [1.54, 1.807) is 25.4 Å². The zero-order valence-corrected chi connectivity index (χ0v) is 16.5. The van der Waals surface area contributed by atoms with Gasteiger partial charge in [-0.25, -0.2) is 9.50 Å². The Morgan fingerprint density at radius 3 is 2.75 bits per heavy atom. The van der Waals surface area contributed by atoms with Gasteiger partial charge < -0.3 is 4.90 Å². The number of amides is 1. The first-order valence-electron chi connectivity index (χ1n) is 9.20. The van der Waals surface area contributed by atoms with E-state index in [0.29, 0.717) is 29.2 Å². The number of halogens is 1. The average Bonchev–Trinajstić information content (AvgIpc) is 3.14. The van der Waals surface area contributed by atoms with Crippen molar-refractivity contribution in [3.63, 3.8) is 0 Å². The molecule has 3 aromatic rings. The van der Waals surface area contributed by atoms with Gasteiger partial charge in [0.25, 0.3) is 11.7 Å². The van der Waals surface area contributed by atoms with Crippen molar-refractivity contribution in [2.75, 3.05) is 7.05 Å². The van der Waals surface area contributed by atoms with Crippen molar-refractivity contribution in [1.29, 1.82) is 0 Å². The Balaban J connectivity index is 1.82. The van der Waals surface area contributed by atoms with E-state index in [2.05, 4.69) is 15.1 Å². The molecule has 2 aromatic heterocycles. The number of aryl methyl sites for hydroxylation is 1. The smallest absolute Gasteiger partial charge is 0.294 e. The highest BCUT2D eigenvalue weighted by Crippen LogP contribution is 2.42. The summed E-state index contributed by atoms with van der Waals surface area (Å²) in [5.41, 5.74) is 0.345. The third-order valence-electron chi connectivity index (χ3n) is 5.47. The van der Waals surface area contributed by atoms with Gasteiger partial charge in [-0.15, -0.1) is 5.10 Å². The van der Waals surface area contributed by atoms with E-state index in [9.17, 15) is 9.59 Å². The summed E-state index contributed by atoms with van der Waals surface area (Å²) in [5.74, 6) is -0.0894. The molecule has 8 heteroatoms. The molecule has 1 aliphatic carbocycles. The molecule has 0 bridgehead atoms. The van der Waals surface area contributed by atoms with Crippen LogP contribution in [0.4, 0.5) is 0 Å². The number of Topliss-reactive ketones (excluding diaryl/α,β-unsaturated/α-hetero) is 1. The number of rotatable bonds is 3. The molecule has 1 aromatic carbocycles. The molecule has 1 unspecified atom stereocenters. The van der Waals surface area contributed by atoms with E-state index in [1.807, 2.05) is 25.1 Å². The highest BCUT2D eigenvalue weighted by atomic mass is 35.5. The first kappa shape index (κ1) is 18.6. The number of likely N-dealkylation sites (N-methyl/N-ethyl adjacent to an activating group) is 1. The second-order valence-electron chi connectivity index (χ2n) is 7.07. The van der Waals surface area contributed by atoms with Crippen molar-refractivity contribution in [2.24, 2.45) is 0 Å². The van der Waals surface area contributed by atoms with E-state index < -0.39 is 11.4 Å². The summed E-state index contributed by atoms with van der Waals surface area (Å²) in [6.07, 6.45) is 4.18. The monoisotopic (exact) mass is 397 g/mol. The molecule has 1 atom stereocenters. The molecule has 0 saturated heterocycles. The van der Waals surface area contributed by atoms with Crippen LogP contribution >= 0.6 is 11.6 Å². The summed E-state index contributed by atoms with van der Waals surface area (Å²) in [7, 11) is 1.63. The molecule has 4 rings (SSSR count). The summed E-state index contributed by atoms with van der Waals surface area (Å²) < 4.78 is 1.52. The van der Waals surface area contributed by atoms with Crippen LogP contribution in [0.1, 0.15) is 47.6 Å².